The van der Waals surface area contributed by atoms with Gasteiger partial charge in [-0.15, -0.1) is 0 Å². The van der Waals surface area contributed by atoms with Crippen LogP contribution in [0.5, 0.6) is 0 Å². The molecule has 1 atom stereocenters. The molecule has 3 aromatic rings. The topological polar surface area (TPSA) is 80.5 Å². The van der Waals surface area contributed by atoms with Crippen LogP contribution in [0.1, 0.15) is 12.5 Å². The highest BCUT2D eigenvalue weighted by Gasteiger charge is 2.12. The minimum Gasteiger partial charge on any atom is -0.341 e. The number of halogens is 1. The maximum atomic E-state index is 5.94. The summed E-state index contributed by atoms with van der Waals surface area (Å²) in [6, 6.07) is 6.34. The monoisotopic (exact) mass is 363 g/mol. The van der Waals surface area contributed by atoms with Crippen molar-refractivity contribution in [2.75, 3.05) is 0 Å². The Labute approximate surface area is 134 Å². The highest BCUT2D eigenvalue weighted by molar-refractivity contribution is 9.10. The predicted octanol–water partition coefficient (Wildman–Crippen LogP) is 3.16. The fraction of sp³-hybridized carbons (Fsp3) is 0.214. The van der Waals surface area contributed by atoms with Crippen LogP contribution in [0.25, 0.3) is 11.2 Å². The van der Waals surface area contributed by atoms with Gasteiger partial charge in [0, 0.05) is 15.4 Å². The van der Waals surface area contributed by atoms with E-state index in [1.807, 2.05) is 13.0 Å². The van der Waals surface area contributed by atoms with Crippen molar-refractivity contribution >= 4 is 38.9 Å². The number of nitrogens with one attached hydrogen (secondary N) is 1. The Balaban J connectivity index is 2.00. The lowest BCUT2D eigenvalue weighted by Gasteiger charge is -2.11. The van der Waals surface area contributed by atoms with Gasteiger partial charge in [0.05, 0.1) is 6.33 Å². The zero-order valence-electron chi connectivity index (χ0n) is 11.4. The maximum Gasteiger partial charge on any atom is 0.181 e. The van der Waals surface area contributed by atoms with Crippen LogP contribution in [0.2, 0.25) is 0 Å². The summed E-state index contributed by atoms with van der Waals surface area (Å²) in [7, 11) is 0. The number of hydrogen-bond acceptors (Lipinski definition) is 5. The zero-order chi connectivity index (χ0) is 14.8. The minimum absolute atomic E-state index is 0.114. The number of aromatic amines is 1. The van der Waals surface area contributed by atoms with E-state index in [0.717, 1.165) is 26.3 Å². The smallest absolute Gasteiger partial charge is 0.181 e. The van der Waals surface area contributed by atoms with Crippen molar-refractivity contribution < 1.29 is 0 Å². The van der Waals surface area contributed by atoms with Crippen LogP contribution in [0.4, 0.5) is 0 Å². The van der Waals surface area contributed by atoms with Gasteiger partial charge in [0.2, 0.25) is 0 Å². The van der Waals surface area contributed by atoms with Crippen LogP contribution in [0.3, 0.4) is 0 Å². The van der Waals surface area contributed by atoms with E-state index >= 15 is 0 Å². The molecule has 0 saturated heterocycles. The Morgan fingerprint density at radius 1 is 1.33 bits per heavy atom. The molecule has 0 radical (unpaired) electrons. The van der Waals surface area contributed by atoms with E-state index in [1.165, 1.54) is 11.9 Å². The number of H-pyrrole nitrogens is 1. The van der Waals surface area contributed by atoms with Gasteiger partial charge in [0.15, 0.2) is 5.65 Å². The molecule has 0 bridgehead atoms. The van der Waals surface area contributed by atoms with Crippen molar-refractivity contribution in [2.24, 2.45) is 5.73 Å². The zero-order valence-corrected chi connectivity index (χ0v) is 13.8. The number of aromatic nitrogens is 4. The summed E-state index contributed by atoms with van der Waals surface area (Å²) in [5.74, 6) is 0. The first-order valence-corrected chi connectivity index (χ1v) is 8.10. The van der Waals surface area contributed by atoms with Gasteiger partial charge in [0.1, 0.15) is 16.9 Å². The number of nitrogens with two attached hydrogens (primary N) is 1. The number of hydrogen-bond donors (Lipinski definition) is 2. The normalized spacial score (nSPS) is 12.7. The summed E-state index contributed by atoms with van der Waals surface area (Å²) in [6.45, 7) is 2.01. The maximum absolute atomic E-state index is 5.94. The van der Waals surface area contributed by atoms with E-state index < -0.39 is 0 Å². The average Bonchev–Trinajstić information content (AvgIpc) is 2.91. The first-order chi connectivity index (χ1) is 10.1. The van der Waals surface area contributed by atoms with Crippen LogP contribution in [0, 0.1) is 0 Å². The highest BCUT2D eigenvalue weighted by Crippen LogP contribution is 2.34. The van der Waals surface area contributed by atoms with Gasteiger partial charge >= 0.3 is 0 Å². The van der Waals surface area contributed by atoms with Crippen LogP contribution in [-0.2, 0) is 6.42 Å². The second-order valence-electron chi connectivity index (χ2n) is 4.82. The minimum atomic E-state index is 0.114. The van der Waals surface area contributed by atoms with Crippen LogP contribution in [0.15, 0.2) is 45.2 Å². The van der Waals surface area contributed by atoms with Crippen molar-refractivity contribution in [3.63, 3.8) is 0 Å². The number of fused-ring (bicyclic) bond motifs is 1. The summed E-state index contributed by atoms with van der Waals surface area (Å²) in [5.41, 5.74) is 8.68. The molecule has 1 aromatic carbocycles. The Morgan fingerprint density at radius 2 is 2.19 bits per heavy atom. The summed E-state index contributed by atoms with van der Waals surface area (Å²) < 4.78 is 1.04. The van der Waals surface area contributed by atoms with E-state index in [4.69, 9.17) is 5.73 Å². The number of rotatable bonds is 4. The van der Waals surface area contributed by atoms with Gasteiger partial charge in [0.25, 0.3) is 0 Å². The molecule has 0 aliphatic rings. The fourth-order valence-corrected chi connectivity index (χ4v) is 3.60. The molecule has 0 spiro atoms. The third-order valence-corrected chi connectivity index (χ3v) is 4.56. The number of nitrogens with zero attached hydrogens (tertiary/aromatic N) is 3. The molecule has 3 rings (SSSR count). The van der Waals surface area contributed by atoms with Crippen molar-refractivity contribution in [3.05, 3.63) is 40.9 Å². The van der Waals surface area contributed by atoms with Crippen molar-refractivity contribution in [1.29, 1.82) is 0 Å². The van der Waals surface area contributed by atoms with Gasteiger partial charge in [-0.3, -0.25) is 0 Å². The quantitative estimate of drug-likeness (QED) is 0.695. The largest absolute Gasteiger partial charge is 0.341 e. The van der Waals surface area contributed by atoms with Gasteiger partial charge in [-0.25, -0.2) is 15.0 Å². The summed E-state index contributed by atoms with van der Waals surface area (Å²) in [5, 5.41) is 0.863. The standard InChI is InChI=1S/C14H14BrN5S/c1-8(16)4-9-2-3-10(15)5-11(9)21-14-12-13(18-6-17-12)19-7-20-14/h2-3,5-8H,4,16H2,1H3,(H,17,18,19,20). The van der Waals surface area contributed by atoms with E-state index in [-0.39, 0.29) is 6.04 Å². The van der Waals surface area contributed by atoms with Crippen LogP contribution < -0.4 is 5.73 Å². The molecular formula is C14H14BrN5S. The molecule has 0 aliphatic carbocycles. The molecule has 0 fully saturated rings. The van der Waals surface area contributed by atoms with E-state index in [0.29, 0.717) is 5.65 Å². The molecule has 3 N–H and O–H groups in total. The van der Waals surface area contributed by atoms with Crippen molar-refractivity contribution in [1.82, 2.24) is 19.9 Å². The molecule has 108 valence electrons. The van der Waals surface area contributed by atoms with Crippen molar-refractivity contribution in [3.8, 4) is 0 Å². The molecule has 21 heavy (non-hydrogen) atoms. The molecule has 0 aliphatic heterocycles. The number of benzene rings is 1. The lowest BCUT2D eigenvalue weighted by Crippen LogP contribution is -2.18. The number of imidazole rings is 1. The lowest BCUT2D eigenvalue weighted by molar-refractivity contribution is 0.729. The second-order valence-corrected chi connectivity index (χ2v) is 6.76. The van der Waals surface area contributed by atoms with Gasteiger partial charge in [-0.2, -0.15) is 0 Å². The van der Waals surface area contributed by atoms with E-state index in [1.54, 1.807) is 18.1 Å². The average molecular weight is 364 g/mol. The first-order valence-electron chi connectivity index (χ1n) is 6.49. The first kappa shape index (κ1) is 14.5. The molecule has 2 aromatic heterocycles. The molecule has 7 heteroatoms. The van der Waals surface area contributed by atoms with Gasteiger partial charge in [-0.05, 0) is 31.0 Å². The fourth-order valence-electron chi connectivity index (χ4n) is 2.06. The van der Waals surface area contributed by atoms with E-state index in [9.17, 15) is 0 Å². The molecular weight excluding hydrogens is 350 g/mol. The Kier molecular flexibility index (Phi) is 4.23. The van der Waals surface area contributed by atoms with Crippen LogP contribution in [-0.4, -0.2) is 26.0 Å². The molecule has 0 saturated carbocycles. The summed E-state index contributed by atoms with van der Waals surface area (Å²) in [4.78, 5) is 16.9. The lowest BCUT2D eigenvalue weighted by atomic mass is 10.1. The molecule has 1 unspecified atom stereocenters. The Hall–Kier alpha value is -1.44. The third-order valence-electron chi connectivity index (χ3n) is 2.97. The predicted molar refractivity (Wildman–Crippen MR) is 87.3 cm³/mol. The Bertz CT molecular complexity index is 771. The van der Waals surface area contributed by atoms with Crippen LogP contribution >= 0.6 is 27.7 Å². The highest BCUT2D eigenvalue weighted by atomic mass is 79.9. The Morgan fingerprint density at radius 3 is 3.00 bits per heavy atom. The van der Waals surface area contributed by atoms with Gasteiger partial charge in [-0.1, -0.05) is 33.8 Å². The summed E-state index contributed by atoms with van der Waals surface area (Å²) in [6.07, 6.45) is 3.99. The molecule has 5 nitrogen and oxygen atoms in total. The second kappa shape index (κ2) is 6.13. The van der Waals surface area contributed by atoms with Crippen molar-refractivity contribution in [2.45, 2.75) is 29.3 Å². The summed E-state index contributed by atoms with van der Waals surface area (Å²) >= 11 is 5.12. The van der Waals surface area contributed by atoms with E-state index in [2.05, 4.69) is 48.0 Å². The molecule has 0 amide bonds. The SMILES string of the molecule is CC(N)Cc1ccc(Br)cc1Sc1ncnc2nc[nH]c12. The molecule has 2 heterocycles. The third kappa shape index (κ3) is 3.25. The van der Waals surface area contributed by atoms with Gasteiger partial charge < -0.3 is 10.7 Å².